The van der Waals surface area contributed by atoms with Gasteiger partial charge in [-0.3, -0.25) is 19.6 Å². The number of rotatable bonds is 8. The Morgan fingerprint density at radius 1 is 0.605 bits per heavy atom. The van der Waals surface area contributed by atoms with Gasteiger partial charge in [0.05, 0.1) is 17.1 Å². The standard InChI is InChI=1S/C30H20F3N5O5/c31-21-12-17(39)1-4-25(21)37-29(41)27-11-16(7-9-34-27)36-24-6-3-19(14-23(24)33)43-20-8-10-35-28(15-20)30(42)38-26-5-2-18(40)13-22(26)32/h1-15,39-40H,(H,34,36)(H,37,41)(H,38,42). The van der Waals surface area contributed by atoms with Crippen molar-refractivity contribution in [3.8, 4) is 23.0 Å². The van der Waals surface area contributed by atoms with Crippen LogP contribution in [0.15, 0.2) is 91.3 Å². The number of hydrogen-bond donors (Lipinski definition) is 5. The zero-order chi connectivity index (χ0) is 30.5. The molecule has 10 nitrogen and oxygen atoms in total. The van der Waals surface area contributed by atoms with Gasteiger partial charge in [0.15, 0.2) is 0 Å². The van der Waals surface area contributed by atoms with Gasteiger partial charge in [-0.25, -0.2) is 13.2 Å². The third kappa shape index (κ3) is 6.97. The largest absolute Gasteiger partial charge is 0.508 e. The van der Waals surface area contributed by atoms with Crippen molar-refractivity contribution in [1.82, 2.24) is 9.97 Å². The Balaban J connectivity index is 1.24. The average molecular weight is 588 g/mol. The van der Waals surface area contributed by atoms with E-state index in [0.717, 1.165) is 18.2 Å². The number of nitrogens with one attached hydrogen (secondary N) is 3. The number of pyridine rings is 2. The van der Waals surface area contributed by atoms with Gasteiger partial charge in [0, 0.05) is 42.3 Å². The van der Waals surface area contributed by atoms with Gasteiger partial charge >= 0.3 is 0 Å². The number of ether oxygens (including phenoxy) is 1. The SMILES string of the molecule is O=C(Nc1ccc(O)cc1F)c1cc(Nc2ccc(Oc3ccnc(C(=O)Nc4ccc(O)cc4F)c3)cc2F)ccn1. The van der Waals surface area contributed by atoms with E-state index in [9.17, 15) is 33.0 Å². The van der Waals surface area contributed by atoms with Crippen LogP contribution in [0.4, 0.5) is 35.9 Å². The van der Waals surface area contributed by atoms with Crippen molar-refractivity contribution in [2.24, 2.45) is 0 Å². The Hall–Kier alpha value is -6.11. The van der Waals surface area contributed by atoms with Crippen molar-refractivity contribution < 1.29 is 37.7 Å². The zero-order valence-electron chi connectivity index (χ0n) is 21.8. The molecule has 0 bridgehead atoms. The molecule has 43 heavy (non-hydrogen) atoms. The number of halogens is 3. The van der Waals surface area contributed by atoms with Crippen molar-refractivity contribution >= 4 is 34.6 Å². The number of amides is 2. The Morgan fingerprint density at radius 3 is 1.70 bits per heavy atom. The molecule has 0 radical (unpaired) electrons. The molecule has 5 rings (SSSR count). The van der Waals surface area contributed by atoms with Gasteiger partial charge in [-0.05, 0) is 54.6 Å². The van der Waals surface area contributed by atoms with Crippen LogP contribution in [0.1, 0.15) is 21.0 Å². The molecule has 0 atom stereocenters. The third-order valence-corrected chi connectivity index (χ3v) is 5.81. The second-order valence-corrected chi connectivity index (χ2v) is 8.91. The van der Waals surface area contributed by atoms with Crippen LogP contribution in [0.5, 0.6) is 23.0 Å². The second-order valence-electron chi connectivity index (χ2n) is 8.91. The van der Waals surface area contributed by atoms with Gasteiger partial charge in [-0.1, -0.05) is 0 Å². The minimum absolute atomic E-state index is 0.0419. The van der Waals surface area contributed by atoms with Crippen LogP contribution >= 0.6 is 0 Å². The lowest BCUT2D eigenvalue weighted by Gasteiger charge is -2.12. The lowest BCUT2D eigenvalue weighted by atomic mass is 10.2. The van der Waals surface area contributed by atoms with E-state index in [1.165, 1.54) is 73.1 Å². The predicted molar refractivity (Wildman–Crippen MR) is 150 cm³/mol. The van der Waals surface area contributed by atoms with E-state index in [2.05, 4.69) is 25.9 Å². The maximum Gasteiger partial charge on any atom is 0.274 e. The van der Waals surface area contributed by atoms with Crippen LogP contribution in [0.3, 0.4) is 0 Å². The Labute approximate surface area is 241 Å². The first kappa shape index (κ1) is 28.4. The highest BCUT2D eigenvalue weighted by molar-refractivity contribution is 6.04. The minimum atomic E-state index is -0.833. The normalized spacial score (nSPS) is 10.6. The molecule has 0 saturated heterocycles. The second kappa shape index (κ2) is 12.2. The van der Waals surface area contributed by atoms with Gasteiger partial charge in [0.2, 0.25) is 0 Å². The van der Waals surface area contributed by atoms with Crippen molar-refractivity contribution in [2.75, 3.05) is 16.0 Å². The molecule has 5 N–H and O–H groups in total. The molecule has 216 valence electrons. The molecule has 2 heterocycles. The van der Waals surface area contributed by atoms with E-state index in [0.29, 0.717) is 5.69 Å². The molecule has 2 amide bonds. The summed E-state index contributed by atoms with van der Waals surface area (Å²) < 4.78 is 48.5. The minimum Gasteiger partial charge on any atom is -0.508 e. The molecular formula is C30H20F3N5O5. The van der Waals surface area contributed by atoms with Crippen molar-refractivity contribution in [3.05, 3.63) is 120 Å². The number of aromatic nitrogens is 2. The first-order chi connectivity index (χ1) is 20.6. The van der Waals surface area contributed by atoms with Crippen LogP contribution in [0, 0.1) is 17.5 Å². The maximum absolute atomic E-state index is 14.9. The molecule has 2 aromatic heterocycles. The van der Waals surface area contributed by atoms with Gasteiger partial charge in [-0.2, -0.15) is 0 Å². The number of hydrogen-bond acceptors (Lipinski definition) is 8. The van der Waals surface area contributed by atoms with Crippen LogP contribution < -0.4 is 20.7 Å². The van der Waals surface area contributed by atoms with Crippen LogP contribution in [0.2, 0.25) is 0 Å². The third-order valence-electron chi connectivity index (χ3n) is 5.81. The predicted octanol–water partition coefficient (Wildman–Crippen LogP) is 6.35. The number of benzene rings is 3. The summed E-state index contributed by atoms with van der Waals surface area (Å²) in [7, 11) is 0. The highest BCUT2D eigenvalue weighted by atomic mass is 19.1. The maximum atomic E-state index is 14.9. The van der Waals surface area contributed by atoms with Crippen molar-refractivity contribution in [3.63, 3.8) is 0 Å². The number of carbonyl (C=O) groups is 2. The van der Waals surface area contributed by atoms with E-state index in [4.69, 9.17) is 4.74 Å². The molecule has 0 aliphatic carbocycles. The first-order valence-electron chi connectivity index (χ1n) is 12.4. The van der Waals surface area contributed by atoms with E-state index in [-0.39, 0.29) is 51.4 Å². The number of nitrogens with zero attached hydrogens (tertiary/aromatic N) is 2. The molecule has 0 fully saturated rings. The highest BCUT2D eigenvalue weighted by Gasteiger charge is 2.15. The molecule has 0 unspecified atom stereocenters. The van der Waals surface area contributed by atoms with E-state index in [1.54, 1.807) is 0 Å². The number of carbonyl (C=O) groups excluding carboxylic acids is 2. The molecule has 5 aromatic rings. The van der Waals surface area contributed by atoms with Gasteiger partial charge in [-0.15, -0.1) is 0 Å². The van der Waals surface area contributed by atoms with E-state index >= 15 is 0 Å². The van der Waals surface area contributed by atoms with Gasteiger partial charge < -0.3 is 30.9 Å². The molecule has 0 saturated carbocycles. The molecule has 0 spiro atoms. The fourth-order valence-electron chi connectivity index (χ4n) is 3.77. The van der Waals surface area contributed by atoms with E-state index < -0.39 is 29.3 Å². The monoisotopic (exact) mass is 587 g/mol. The molecular weight excluding hydrogens is 567 g/mol. The van der Waals surface area contributed by atoms with Crippen molar-refractivity contribution in [2.45, 2.75) is 0 Å². The average Bonchev–Trinajstić information content (AvgIpc) is 2.97. The summed E-state index contributed by atoms with van der Waals surface area (Å²) >= 11 is 0. The Morgan fingerprint density at radius 2 is 1.12 bits per heavy atom. The summed E-state index contributed by atoms with van der Waals surface area (Å²) in [6, 6.07) is 16.0. The quantitative estimate of drug-likeness (QED) is 0.132. The van der Waals surface area contributed by atoms with Crippen LogP contribution in [0.25, 0.3) is 0 Å². The fourth-order valence-corrected chi connectivity index (χ4v) is 3.77. The summed E-state index contributed by atoms with van der Waals surface area (Å²) in [5.74, 6) is -4.18. The number of phenolic OH excluding ortho intramolecular Hbond substituents is 2. The molecule has 0 aliphatic rings. The summed E-state index contributed by atoms with van der Waals surface area (Å²) in [5, 5.41) is 26.2. The molecule has 0 aliphatic heterocycles. The summed E-state index contributed by atoms with van der Waals surface area (Å²) in [6.45, 7) is 0. The molecule has 3 aromatic carbocycles. The Bertz CT molecular complexity index is 1850. The van der Waals surface area contributed by atoms with Crippen molar-refractivity contribution in [1.29, 1.82) is 0 Å². The Kier molecular flexibility index (Phi) is 8.05. The lowest BCUT2D eigenvalue weighted by Crippen LogP contribution is -2.14. The number of aromatic hydroxyl groups is 2. The summed E-state index contributed by atoms with van der Waals surface area (Å²) in [5.41, 5.74) is -0.140. The van der Waals surface area contributed by atoms with Crippen LogP contribution in [-0.4, -0.2) is 32.0 Å². The summed E-state index contributed by atoms with van der Waals surface area (Å²) in [6.07, 6.45) is 2.60. The highest BCUT2D eigenvalue weighted by Crippen LogP contribution is 2.28. The number of anilines is 4. The fraction of sp³-hybridized carbons (Fsp3) is 0. The van der Waals surface area contributed by atoms with Crippen LogP contribution in [-0.2, 0) is 0 Å². The number of phenols is 2. The lowest BCUT2D eigenvalue weighted by molar-refractivity contribution is 0.101. The molecule has 13 heteroatoms. The summed E-state index contributed by atoms with van der Waals surface area (Å²) in [4.78, 5) is 33.0. The smallest absolute Gasteiger partial charge is 0.274 e. The van der Waals surface area contributed by atoms with Gasteiger partial charge in [0.25, 0.3) is 11.8 Å². The first-order valence-corrected chi connectivity index (χ1v) is 12.4. The zero-order valence-corrected chi connectivity index (χ0v) is 21.8. The van der Waals surface area contributed by atoms with E-state index in [1.807, 2.05) is 0 Å². The topological polar surface area (TPSA) is 146 Å². The van der Waals surface area contributed by atoms with Gasteiger partial charge in [0.1, 0.15) is 51.8 Å².